The van der Waals surface area contributed by atoms with Crippen molar-refractivity contribution in [3.8, 4) is 22.4 Å². The van der Waals surface area contributed by atoms with Crippen LogP contribution in [0.3, 0.4) is 0 Å². The van der Waals surface area contributed by atoms with Crippen LogP contribution in [0.1, 0.15) is 5.69 Å². The minimum Gasteiger partial charge on any atom is -0.412 e. The molecule has 0 saturated heterocycles. The van der Waals surface area contributed by atoms with E-state index in [1.807, 2.05) is 25.1 Å². The molecule has 3 rings (SSSR count). The van der Waals surface area contributed by atoms with Gasteiger partial charge in [-0.25, -0.2) is 8.42 Å². The van der Waals surface area contributed by atoms with Gasteiger partial charge in [0.15, 0.2) is 9.84 Å². The average molecular weight is 377 g/mol. The minimum absolute atomic E-state index is 0. The molecule has 0 amide bonds. The molecule has 2 heterocycles. The molecule has 2 N–H and O–H groups in total. The number of sulfone groups is 1. The van der Waals surface area contributed by atoms with Crippen molar-refractivity contribution >= 4 is 21.4 Å². The highest BCUT2D eigenvalue weighted by Crippen LogP contribution is 2.32. The maximum Gasteiger partial charge on any atom is 0.175 e. The summed E-state index contributed by atoms with van der Waals surface area (Å²) in [6.07, 6.45) is 4.54. The van der Waals surface area contributed by atoms with Gasteiger partial charge >= 0.3 is 0 Å². The molecule has 25 heavy (non-hydrogen) atoms. The Bertz CT molecular complexity index is 986. The zero-order valence-corrected chi connectivity index (χ0v) is 15.3. The third-order valence-corrected chi connectivity index (χ3v) is 4.97. The van der Waals surface area contributed by atoms with Crippen molar-refractivity contribution in [2.24, 2.45) is 0 Å². The highest BCUT2D eigenvalue weighted by molar-refractivity contribution is 7.90. The van der Waals surface area contributed by atoms with Gasteiger partial charge in [0.1, 0.15) is 0 Å². The Hall–Kier alpha value is -2.28. The highest BCUT2D eigenvalue weighted by atomic mass is 35.5. The van der Waals surface area contributed by atoms with Gasteiger partial charge in [-0.2, -0.15) is 0 Å². The van der Waals surface area contributed by atoms with Gasteiger partial charge in [-0.1, -0.05) is 23.7 Å². The van der Waals surface area contributed by atoms with E-state index in [0.717, 1.165) is 28.1 Å². The summed E-state index contributed by atoms with van der Waals surface area (Å²) in [5, 5.41) is 0.515. The molecule has 0 saturated carbocycles. The van der Waals surface area contributed by atoms with Crippen molar-refractivity contribution in [1.29, 1.82) is 0 Å². The Morgan fingerprint density at radius 2 is 1.56 bits per heavy atom. The van der Waals surface area contributed by atoms with Gasteiger partial charge in [0.05, 0.1) is 15.6 Å². The topological polar surface area (TPSA) is 91.4 Å². The molecule has 7 heteroatoms. The molecule has 0 atom stereocenters. The Morgan fingerprint density at radius 1 is 0.920 bits per heavy atom. The zero-order valence-electron chi connectivity index (χ0n) is 13.7. The Kier molecular flexibility index (Phi) is 5.57. The molecule has 0 unspecified atom stereocenters. The third kappa shape index (κ3) is 4.22. The quantitative estimate of drug-likeness (QED) is 0.700. The summed E-state index contributed by atoms with van der Waals surface area (Å²) in [5.74, 6) is 0. The van der Waals surface area contributed by atoms with E-state index in [1.165, 1.54) is 6.26 Å². The maximum absolute atomic E-state index is 11.6. The van der Waals surface area contributed by atoms with Gasteiger partial charge in [0.25, 0.3) is 0 Å². The maximum atomic E-state index is 11.6. The number of hydrogen-bond acceptors (Lipinski definition) is 4. The molecular formula is C18H17ClN2O3S. The predicted octanol–water partition coefficient (Wildman–Crippen LogP) is 3.35. The highest BCUT2D eigenvalue weighted by Gasteiger charge is 2.12. The van der Waals surface area contributed by atoms with E-state index in [4.69, 9.17) is 11.6 Å². The number of rotatable bonds is 3. The molecule has 0 spiro atoms. The van der Waals surface area contributed by atoms with Crippen molar-refractivity contribution < 1.29 is 13.9 Å². The van der Waals surface area contributed by atoms with Crippen molar-refractivity contribution in [3.63, 3.8) is 0 Å². The molecule has 0 bridgehead atoms. The van der Waals surface area contributed by atoms with E-state index in [0.29, 0.717) is 5.02 Å². The SMILES string of the molecule is Cc1ccc(-c2ncc(Cl)cc2-c2ccc(S(C)(=O)=O)cc2)cn1.O. The lowest BCUT2D eigenvalue weighted by molar-refractivity contribution is 0.602. The minimum atomic E-state index is -3.23. The molecule has 3 aromatic rings. The van der Waals surface area contributed by atoms with Crippen molar-refractivity contribution in [1.82, 2.24) is 9.97 Å². The molecule has 0 fully saturated rings. The molecule has 1 aromatic carbocycles. The van der Waals surface area contributed by atoms with Crippen LogP contribution in [0.25, 0.3) is 22.4 Å². The van der Waals surface area contributed by atoms with Crippen molar-refractivity contribution in [2.45, 2.75) is 11.8 Å². The summed E-state index contributed by atoms with van der Waals surface area (Å²) in [6, 6.07) is 12.4. The summed E-state index contributed by atoms with van der Waals surface area (Å²) in [4.78, 5) is 9.02. The normalized spacial score (nSPS) is 11.0. The van der Waals surface area contributed by atoms with Crippen LogP contribution in [-0.4, -0.2) is 30.1 Å². The average Bonchev–Trinajstić information content (AvgIpc) is 2.55. The van der Waals surface area contributed by atoms with E-state index in [2.05, 4.69) is 9.97 Å². The third-order valence-electron chi connectivity index (χ3n) is 3.63. The van der Waals surface area contributed by atoms with E-state index < -0.39 is 9.84 Å². The molecule has 2 aromatic heterocycles. The zero-order chi connectivity index (χ0) is 17.3. The summed E-state index contributed by atoms with van der Waals surface area (Å²) in [6.45, 7) is 1.92. The smallest absolute Gasteiger partial charge is 0.175 e. The van der Waals surface area contributed by atoms with Gasteiger partial charge in [-0.15, -0.1) is 0 Å². The first-order valence-electron chi connectivity index (χ1n) is 7.24. The van der Waals surface area contributed by atoms with Crippen molar-refractivity contribution in [3.05, 3.63) is 65.6 Å². The molecule has 5 nitrogen and oxygen atoms in total. The fraction of sp³-hybridized carbons (Fsp3) is 0.111. The van der Waals surface area contributed by atoms with Crippen LogP contribution in [0, 0.1) is 6.92 Å². The van der Waals surface area contributed by atoms with Crippen molar-refractivity contribution in [2.75, 3.05) is 6.26 Å². The van der Waals surface area contributed by atoms with Crippen LogP contribution in [0.15, 0.2) is 59.8 Å². The van der Waals surface area contributed by atoms with Gasteiger partial charge in [-0.3, -0.25) is 9.97 Å². The van der Waals surface area contributed by atoms with Crippen LogP contribution in [0.2, 0.25) is 5.02 Å². The summed E-state index contributed by atoms with van der Waals surface area (Å²) < 4.78 is 23.2. The number of hydrogen-bond donors (Lipinski definition) is 0. The number of nitrogens with zero attached hydrogens (tertiary/aromatic N) is 2. The second-order valence-electron chi connectivity index (χ2n) is 5.53. The number of aromatic nitrogens is 2. The molecular weight excluding hydrogens is 360 g/mol. The van der Waals surface area contributed by atoms with E-state index in [9.17, 15) is 8.42 Å². The second kappa shape index (κ2) is 7.31. The molecule has 0 radical (unpaired) electrons. The lowest BCUT2D eigenvalue weighted by Gasteiger charge is -2.10. The number of halogens is 1. The van der Waals surface area contributed by atoms with E-state index in [-0.39, 0.29) is 10.4 Å². The predicted molar refractivity (Wildman–Crippen MR) is 99.4 cm³/mol. The first-order valence-corrected chi connectivity index (χ1v) is 9.50. The Morgan fingerprint density at radius 3 is 2.12 bits per heavy atom. The first-order chi connectivity index (χ1) is 11.3. The van der Waals surface area contributed by atoms with Crippen LogP contribution < -0.4 is 0 Å². The standard InChI is InChI=1S/C18H15ClN2O2S.H2O/c1-12-3-4-14(10-20-12)18-17(9-15(19)11-21-18)13-5-7-16(8-6-13)24(2,22)23;/h3-11H,1-2H3;1H2. The summed E-state index contributed by atoms with van der Waals surface area (Å²) in [7, 11) is -3.23. The van der Waals surface area contributed by atoms with Gasteiger partial charge in [0, 0.05) is 35.5 Å². The van der Waals surface area contributed by atoms with Crippen LogP contribution in [-0.2, 0) is 9.84 Å². The monoisotopic (exact) mass is 376 g/mol. The van der Waals surface area contributed by atoms with Crippen LogP contribution in [0.5, 0.6) is 0 Å². The molecule has 0 aliphatic rings. The van der Waals surface area contributed by atoms with Gasteiger partial charge < -0.3 is 5.48 Å². The lowest BCUT2D eigenvalue weighted by Crippen LogP contribution is -1.97. The van der Waals surface area contributed by atoms with E-state index in [1.54, 1.807) is 36.7 Å². The fourth-order valence-electron chi connectivity index (χ4n) is 2.38. The molecule has 0 aliphatic heterocycles. The second-order valence-corrected chi connectivity index (χ2v) is 7.99. The van der Waals surface area contributed by atoms with Gasteiger partial charge in [-0.05, 0) is 42.8 Å². The summed E-state index contributed by atoms with van der Waals surface area (Å²) >= 11 is 6.11. The Balaban J connectivity index is 0.00000225. The Labute approximate surface area is 151 Å². The number of benzene rings is 1. The first kappa shape index (κ1) is 19.1. The fourth-order valence-corrected chi connectivity index (χ4v) is 3.17. The van der Waals surface area contributed by atoms with Crippen LogP contribution in [0.4, 0.5) is 0 Å². The largest absolute Gasteiger partial charge is 0.412 e. The number of pyridine rings is 2. The van der Waals surface area contributed by atoms with Gasteiger partial charge in [0.2, 0.25) is 0 Å². The molecule has 130 valence electrons. The molecule has 0 aliphatic carbocycles. The van der Waals surface area contributed by atoms with E-state index >= 15 is 0 Å². The van der Waals surface area contributed by atoms with Crippen LogP contribution >= 0.6 is 11.6 Å². The number of aryl methyl sites for hydroxylation is 1. The summed E-state index contributed by atoms with van der Waals surface area (Å²) in [5.41, 5.74) is 4.21. The lowest BCUT2D eigenvalue weighted by atomic mass is 10.0.